The number of aliphatic hydroxyl groups excluding tert-OH is 1. The average Bonchev–Trinajstić information content (AvgIpc) is 2.43. The van der Waals surface area contributed by atoms with Crippen molar-refractivity contribution in [3.05, 3.63) is 36.0 Å². The molecule has 1 aromatic heterocycles. The SMILES string of the molecule is COCCCOc1cc(CO)nc2ccccc12. The van der Waals surface area contributed by atoms with E-state index in [2.05, 4.69) is 4.98 Å². The Labute approximate surface area is 106 Å². The summed E-state index contributed by atoms with van der Waals surface area (Å²) in [5.41, 5.74) is 1.46. The van der Waals surface area contributed by atoms with Gasteiger partial charge in [0.05, 0.1) is 24.4 Å². The first-order valence-electron chi connectivity index (χ1n) is 5.96. The van der Waals surface area contributed by atoms with Crippen LogP contribution < -0.4 is 4.74 Å². The molecular weight excluding hydrogens is 230 g/mol. The number of pyridine rings is 1. The van der Waals surface area contributed by atoms with Gasteiger partial charge in [-0.25, -0.2) is 0 Å². The highest BCUT2D eigenvalue weighted by Crippen LogP contribution is 2.25. The van der Waals surface area contributed by atoms with Gasteiger partial charge in [-0.15, -0.1) is 0 Å². The predicted molar refractivity (Wildman–Crippen MR) is 69.7 cm³/mol. The molecule has 0 aliphatic heterocycles. The van der Waals surface area contributed by atoms with Gasteiger partial charge >= 0.3 is 0 Å². The quantitative estimate of drug-likeness (QED) is 0.795. The van der Waals surface area contributed by atoms with E-state index in [0.29, 0.717) is 18.9 Å². The van der Waals surface area contributed by atoms with Crippen molar-refractivity contribution >= 4 is 10.9 Å². The lowest BCUT2D eigenvalue weighted by molar-refractivity contribution is 0.172. The number of aliphatic hydroxyl groups is 1. The van der Waals surface area contributed by atoms with Crippen LogP contribution >= 0.6 is 0 Å². The summed E-state index contributed by atoms with van der Waals surface area (Å²) in [5.74, 6) is 0.765. The van der Waals surface area contributed by atoms with Gasteiger partial charge in [0, 0.05) is 31.6 Å². The molecule has 0 aliphatic rings. The maximum Gasteiger partial charge on any atom is 0.130 e. The molecular formula is C14H17NO3. The Morgan fingerprint density at radius 3 is 2.83 bits per heavy atom. The van der Waals surface area contributed by atoms with E-state index in [9.17, 15) is 5.11 Å². The summed E-state index contributed by atoms with van der Waals surface area (Å²) in [7, 11) is 1.67. The molecule has 0 fully saturated rings. The lowest BCUT2D eigenvalue weighted by Crippen LogP contribution is -2.03. The number of hydrogen-bond donors (Lipinski definition) is 1. The number of nitrogens with zero attached hydrogens (tertiary/aromatic N) is 1. The van der Waals surface area contributed by atoms with Crippen LogP contribution in [-0.4, -0.2) is 30.4 Å². The van der Waals surface area contributed by atoms with Gasteiger partial charge in [0.1, 0.15) is 5.75 Å². The van der Waals surface area contributed by atoms with E-state index in [-0.39, 0.29) is 6.61 Å². The number of ether oxygens (including phenoxy) is 2. The van der Waals surface area contributed by atoms with Crippen LogP contribution in [0.25, 0.3) is 10.9 Å². The van der Waals surface area contributed by atoms with Crippen LogP contribution in [0.3, 0.4) is 0 Å². The number of rotatable bonds is 6. The molecule has 0 radical (unpaired) electrons. The normalized spacial score (nSPS) is 10.8. The number of hydrogen-bond acceptors (Lipinski definition) is 4. The molecule has 0 saturated heterocycles. The molecule has 4 nitrogen and oxygen atoms in total. The highest BCUT2D eigenvalue weighted by molar-refractivity contribution is 5.85. The van der Waals surface area contributed by atoms with Crippen molar-refractivity contribution in [3.63, 3.8) is 0 Å². The molecule has 0 spiro atoms. The third-order valence-corrected chi connectivity index (χ3v) is 2.64. The fraction of sp³-hybridized carbons (Fsp3) is 0.357. The minimum Gasteiger partial charge on any atom is -0.493 e. The van der Waals surface area contributed by atoms with Crippen LogP contribution in [0.2, 0.25) is 0 Å². The van der Waals surface area contributed by atoms with Crippen molar-refractivity contribution < 1.29 is 14.6 Å². The van der Waals surface area contributed by atoms with E-state index < -0.39 is 0 Å². The minimum atomic E-state index is -0.0841. The minimum absolute atomic E-state index is 0.0841. The molecule has 0 atom stereocenters. The van der Waals surface area contributed by atoms with Crippen molar-refractivity contribution in [2.24, 2.45) is 0 Å². The van der Waals surface area contributed by atoms with E-state index in [1.807, 2.05) is 24.3 Å². The van der Waals surface area contributed by atoms with Crippen molar-refractivity contribution in [1.82, 2.24) is 4.98 Å². The van der Waals surface area contributed by atoms with E-state index >= 15 is 0 Å². The van der Waals surface area contributed by atoms with Gasteiger partial charge in [-0.3, -0.25) is 4.98 Å². The van der Waals surface area contributed by atoms with Crippen LogP contribution in [0.1, 0.15) is 12.1 Å². The summed E-state index contributed by atoms with van der Waals surface area (Å²) in [5, 5.41) is 10.2. The maximum atomic E-state index is 9.19. The Hall–Kier alpha value is -1.65. The second-order valence-corrected chi connectivity index (χ2v) is 3.98. The molecule has 1 heterocycles. The van der Waals surface area contributed by atoms with Crippen LogP contribution in [0, 0.1) is 0 Å². The first kappa shape index (κ1) is 12.8. The first-order chi connectivity index (χ1) is 8.85. The fourth-order valence-corrected chi connectivity index (χ4v) is 1.78. The Bertz CT molecular complexity index is 513. The fourth-order valence-electron chi connectivity index (χ4n) is 1.78. The molecule has 1 N–H and O–H groups in total. The van der Waals surface area contributed by atoms with Crippen molar-refractivity contribution in [2.75, 3.05) is 20.3 Å². The number of fused-ring (bicyclic) bond motifs is 1. The van der Waals surface area contributed by atoms with Gasteiger partial charge in [-0.2, -0.15) is 0 Å². The Morgan fingerprint density at radius 2 is 2.06 bits per heavy atom. The average molecular weight is 247 g/mol. The predicted octanol–water partition coefficient (Wildman–Crippen LogP) is 2.14. The van der Waals surface area contributed by atoms with Crippen molar-refractivity contribution in [3.8, 4) is 5.75 Å². The molecule has 1 aromatic carbocycles. The van der Waals surface area contributed by atoms with Crippen LogP contribution in [-0.2, 0) is 11.3 Å². The van der Waals surface area contributed by atoms with E-state index in [1.165, 1.54) is 0 Å². The van der Waals surface area contributed by atoms with Gasteiger partial charge in [-0.05, 0) is 12.1 Å². The highest BCUT2D eigenvalue weighted by atomic mass is 16.5. The third kappa shape index (κ3) is 2.97. The largest absolute Gasteiger partial charge is 0.493 e. The second kappa shape index (κ2) is 6.33. The molecule has 18 heavy (non-hydrogen) atoms. The summed E-state index contributed by atoms with van der Waals surface area (Å²) in [6.45, 7) is 1.18. The van der Waals surface area contributed by atoms with Gasteiger partial charge in [0.15, 0.2) is 0 Å². The van der Waals surface area contributed by atoms with E-state index in [0.717, 1.165) is 23.1 Å². The molecule has 0 bridgehead atoms. The van der Waals surface area contributed by atoms with Crippen molar-refractivity contribution in [1.29, 1.82) is 0 Å². The topological polar surface area (TPSA) is 51.6 Å². The lowest BCUT2D eigenvalue weighted by Gasteiger charge is -2.10. The van der Waals surface area contributed by atoms with E-state index in [1.54, 1.807) is 13.2 Å². The zero-order chi connectivity index (χ0) is 12.8. The van der Waals surface area contributed by atoms with Gasteiger partial charge in [-0.1, -0.05) is 12.1 Å². The summed E-state index contributed by atoms with van der Waals surface area (Å²) < 4.78 is 10.7. The number of benzene rings is 1. The Balaban J connectivity index is 2.23. The van der Waals surface area contributed by atoms with E-state index in [4.69, 9.17) is 9.47 Å². The number of aromatic nitrogens is 1. The first-order valence-corrected chi connectivity index (χ1v) is 5.96. The summed E-state index contributed by atoms with van der Waals surface area (Å²) in [4.78, 5) is 4.34. The van der Waals surface area contributed by atoms with Crippen LogP contribution in [0.15, 0.2) is 30.3 Å². The zero-order valence-electron chi connectivity index (χ0n) is 10.4. The molecule has 0 amide bonds. The van der Waals surface area contributed by atoms with Gasteiger partial charge < -0.3 is 14.6 Å². The van der Waals surface area contributed by atoms with Gasteiger partial charge in [0.25, 0.3) is 0 Å². The monoisotopic (exact) mass is 247 g/mol. The Kier molecular flexibility index (Phi) is 4.50. The summed E-state index contributed by atoms with van der Waals surface area (Å²) >= 11 is 0. The smallest absolute Gasteiger partial charge is 0.130 e. The molecule has 0 aliphatic carbocycles. The Morgan fingerprint density at radius 1 is 1.22 bits per heavy atom. The lowest BCUT2D eigenvalue weighted by atomic mass is 10.2. The molecule has 4 heteroatoms. The van der Waals surface area contributed by atoms with Gasteiger partial charge in [0.2, 0.25) is 0 Å². The molecule has 0 saturated carbocycles. The molecule has 0 unspecified atom stereocenters. The van der Waals surface area contributed by atoms with Crippen molar-refractivity contribution in [2.45, 2.75) is 13.0 Å². The number of methoxy groups -OCH3 is 1. The van der Waals surface area contributed by atoms with Crippen LogP contribution in [0.4, 0.5) is 0 Å². The molecule has 96 valence electrons. The highest BCUT2D eigenvalue weighted by Gasteiger charge is 2.06. The molecule has 2 rings (SSSR count). The zero-order valence-corrected chi connectivity index (χ0v) is 10.4. The maximum absolute atomic E-state index is 9.19. The summed E-state index contributed by atoms with van der Waals surface area (Å²) in [6, 6.07) is 9.54. The molecule has 2 aromatic rings. The summed E-state index contributed by atoms with van der Waals surface area (Å²) in [6.07, 6.45) is 0.835. The number of para-hydroxylation sites is 1. The third-order valence-electron chi connectivity index (χ3n) is 2.64. The second-order valence-electron chi connectivity index (χ2n) is 3.98. The van der Waals surface area contributed by atoms with Crippen LogP contribution in [0.5, 0.6) is 5.75 Å². The standard InChI is InChI=1S/C14H17NO3/c1-17-7-4-8-18-14-9-11(10-16)15-13-6-3-2-5-12(13)14/h2-3,5-6,9,16H,4,7-8,10H2,1H3.